The molecule has 1 unspecified atom stereocenters. The van der Waals surface area contributed by atoms with Gasteiger partial charge >= 0.3 is 0 Å². The summed E-state index contributed by atoms with van der Waals surface area (Å²) in [5, 5.41) is 7.41. The molecule has 0 amide bonds. The predicted molar refractivity (Wildman–Crippen MR) is 64.1 cm³/mol. The number of nitrogens with zero attached hydrogens (tertiary/aromatic N) is 2. The first-order valence-electron chi connectivity index (χ1n) is 6.44. The molecule has 2 rings (SSSR count). The summed E-state index contributed by atoms with van der Waals surface area (Å²) in [6.07, 6.45) is 7.21. The smallest absolute Gasteiger partial charge is 0.153 e. The molecular weight excluding hydrogens is 200 g/mol. The van der Waals surface area contributed by atoms with E-state index in [1.807, 2.05) is 0 Å². The lowest BCUT2D eigenvalue weighted by atomic mass is 10.0. The molecule has 4 nitrogen and oxygen atoms in total. The van der Waals surface area contributed by atoms with Crippen LogP contribution in [0.1, 0.15) is 56.6 Å². The molecule has 0 bridgehead atoms. The fourth-order valence-corrected chi connectivity index (χ4v) is 2.44. The Hall–Kier alpha value is -0.900. The Morgan fingerprint density at radius 3 is 2.81 bits per heavy atom. The van der Waals surface area contributed by atoms with Gasteiger partial charge in [0.15, 0.2) is 5.82 Å². The quantitative estimate of drug-likeness (QED) is 0.800. The van der Waals surface area contributed by atoms with E-state index < -0.39 is 0 Å². The van der Waals surface area contributed by atoms with Crippen molar-refractivity contribution < 1.29 is 0 Å². The maximum absolute atomic E-state index is 5.70. The summed E-state index contributed by atoms with van der Waals surface area (Å²) in [7, 11) is 0. The number of H-pyrrole nitrogens is 1. The average molecular weight is 222 g/mol. The highest BCUT2D eigenvalue weighted by Gasteiger charge is 2.21. The van der Waals surface area contributed by atoms with Crippen LogP contribution >= 0.6 is 0 Å². The van der Waals surface area contributed by atoms with Crippen LogP contribution in [-0.2, 0) is 6.42 Å². The van der Waals surface area contributed by atoms with Crippen LogP contribution < -0.4 is 5.73 Å². The number of aromatic nitrogens is 3. The Kier molecular flexibility index (Phi) is 3.93. The van der Waals surface area contributed by atoms with E-state index in [-0.39, 0.29) is 0 Å². The minimum absolute atomic E-state index is 0.532. The van der Waals surface area contributed by atoms with E-state index in [1.54, 1.807) is 0 Å². The maximum atomic E-state index is 5.70. The highest BCUT2D eigenvalue weighted by atomic mass is 15.2. The molecule has 1 saturated carbocycles. The normalized spacial score (nSPS) is 19.1. The average Bonchev–Trinajstić information content (AvgIpc) is 2.96. The van der Waals surface area contributed by atoms with Gasteiger partial charge < -0.3 is 5.73 Å². The van der Waals surface area contributed by atoms with Gasteiger partial charge in [0, 0.05) is 12.3 Å². The highest BCUT2D eigenvalue weighted by Crippen LogP contribution is 2.31. The van der Waals surface area contributed by atoms with Gasteiger partial charge in [0.05, 0.1) is 0 Å². The van der Waals surface area contributed by atoms with Gasteiger partial charge in [-0.2, -0.15) is 5.10 Å². The summed E-state index contributed by atoms with van der Waals surface area (Å²) in [6.45, 7) is 2.90. The van der Waals surface area contributed by atoms with Crippen LogP contribution in [0.15, 0.2) is 0 Å². The van der Waals surface area contributed by atoms with E-state index in [0.717, 1.165) is 31.0 Å². The van der Waals surface area contributed by atoms with Gasteiger partial charge in [-0.3, -0.25) is 5.10 Å². The van der Waals surface area contributed by atoms with Crippen LogP contribution in [0.25, 0.3) is 0 Å². The maximum Gasteiger partial charge on any atom is 0.153 e. The van der Waals surface area contributed by atoms with Crippen molar-refractivity contribution in [3.05, 3.63) is 11.6 Å². The Morgan fingerprint density at radius 1 is 1.44 bits per heavy atom. The summed E-state index contributed by atoms with van der Waals surface area (Å²) in [6, 6.07) is 0. The molecule has 0 spiro atoms. The number of nitrogens with two attached hydrogens (primary N) is 1. The van der Waals surface area contributed by atoms with Crippen molar-refractivity contribution >= 4 is 0 Å². The zero-order valence-electron chi connectivity index (χ0n) is 10.1. The zero-order chi connectivity index (χ0) is 11.4. The standard InChI is InChI=1S/C12H22N4/c1-2-9(8-13)7-11-14-12(16-15-11)10-5-3-4-6-10/h9-10H,2-8,13H2,1H3,(H,14,15,16). The topological polar surface area (TPSA) is 67.6 Å². The second kappa shape index (κ2) is 5.43. The van der Waals surface area contributed by atoms with E-state index in [1.165, 1.54) is 25.7 Å². The molecule has 1 atom stereocenters. The van der Waals surface area contributed by atoms with Crippen LogP contribution in [0.4, 0.5) is 0 Å². The summed E-state index contributed by atoms with van der Waals surface area (Å²) in [5.74, 6) is 3.17. The summed E-state index contributed by atoms with van der Waals surface area (Å²) in [5.41, 5.74) is 5.70. The first-order chi connectivity index (χ1) is 7.83. The lowest BCUT2D eigenvalue weighted by Crippen LogP contribution is -2.16. The van der Waals surface area contributed by atoms with Crippen LogP contribution in [0.2, 0.25) is 0 Å². The van der Waals surface area contributed by atoms with Gasteiger partial charge in [0.1, 0.15) is 5.82 Å². The number of aromatic amines is 1. The second-order valence-corrected chi connectivity index (χ2v) is 4.84. The fraction of sp³-hybridized carbons (Fsp3) is 0.833. The van der Waals surface area contributed by atoms with Crippen LogP contribution in [0.5, 0.6) is 0 Å². The molecular formula is C12H22N4. The fourth-order valence-electron chi connectivity index (χ4n) is 2.44. The lowest BCUT2D eigenvalue weighted by molar-refractivity contribution is 0.506. The molecule has 90 valence electrons. The van der Waals surface area contributed by atoms with E-state index in [9.17, 15) is 0 Å². The van der Waals surface area contributed by atoms with Gasteiger partial charge in [0.25, 0.3) is 0 Å². The van der Waals surface area contributed by atoms with Gasteiger partial charge in [-0.15, -0.1) is 0 Å². The first kappa shape index (κ1) is 11.6. The third kappa shape index (κ3) is 2.61. The molecule has 1 aromatic rings. The minimum atomic E-state index is 0.532. The monoisotopic (exact) mass is 222 g/mol. The molecule has 3 N–H and O–H groups in total. The molecule has 0 aromatic carbocycles. The largest absolute Gasteiger partial charge is 0.330 e. The van der Waals surface area contributed by atoms with Crippen molar-refractivity contribution in [1.29, 1.82) is 0 Å². The van der Waals surface area contributed by atoms with Crippen LogP contribution in [0.3, 0.4) is 0 Å². The van der Waals surface area contributed by atoms with Crippen LogP contribution in [0, 0.1) is 5.92 Å². The van der Waals surface area contributed by atoms with Gasteiger partial charge in [0.2, 0.25) is 0 Å². The summed E-state index contributed by atoms with van der Waals surface area (Å²) in [4.78, 5) is 4.61. The van der Waals surface area contributed by atoms with Gasteiger partial charge in [-0.1, -0.05) is 26.2 Å². The van der Waals surface area contributed by atoms with Crippen molar-refractivity contribution in [2.75, 3.05) is 6.54 Å². The number of hydrogen-bond donors (Lipinski definition) is 2. The van der Waals surface area contributed by atoms with Crippen LogP contribution in [-0.4, -0.2) is 21.7 Å². The Labute approximate surface area is 97.0 Å². The Morgan fingerprint density at radius 2 is 2.19 bits per heavy atom. The Bertz CT molecular complexity index is 311. The molecule has 16 heavy (non-hydrogen) atoms. The number of hydrogen-bond acceptors (Lipinski definition) is 3. The third-order valence-corrected chi connectivity index (χ3v) is 3.66. The number of rotatable bonds is 5. The van der Waals surface area contributed by atoms with Crippen molar-refractivity contribution in [3.8, 4) is 0 Å². The van der Waals surface area contributed by atoms with Crippen molar-refractivity contribution in [3.63, 3.8) is 0 Å². The molecule has 4 heteroatoms. The SMILES string of the molecule is CCC(CN)Cc1nc(C2CCCC2)n[nH]1. The summed E-state index contributed by atoms with van der Waals surface area (Å²) < 4.78 is 0. The van der Waals surface area contributed by atoms with E-state index in [2.05, 4.69) is 22.1 Å². The predicted octanol–water partition coefficient (Wildman–Crippen LogP) is 1.99. The lowest BCUT2D eigenvalue weighted by Gasteiger charge is -2.08. The van der Waals surface area contributed by atoms with E-state index >= 15 is 0 Å². The molecule has 1 aromatic heterocycles. The van der Waals surface area contributed by atoms with E-state index in [0.29, 0.717) is 11.8 Å². The molecule has 1 heterocycles. The molecule has 0 aliphatic heterocycles. The van der Waals surface area contributed by atoms with Gasteiger partial charge in [-0.05, 0) is 25.3 Å². The number of nitrogens with one attached hydrogen (secondary N) is 1. The third-order valence-electron chi connectivity index (χ3n) is 3.66. The second-order valence-electron chi connectivity index (χ2n) is 4.84. The minimum Gasteiger partial charge on any atom is -0.330 e. The summed E-state index contributed by atoms with van der Waals surface area (Å²) >= 11 is 0. The molecule has 1 aliphatic rings. The van der Waals surface area contributed by atoms with E-state index in [4.69, 9.17) is 5.73 Å². The zero-order valence-corrected chi connectivity index (χ0v) is 10.1. The van der Waals surface area contributed by atoms with Gasteiger partial charge in [-0.25, -0.2) is 4.98 Å². The highest BCUT2D eigenvalue weighted by molar-refractivity contribution is 5.00. The molecule has 1 fully saturated rings. The first-order valence-corrected chi connectivity index (χ1v) is 6.44. The van der Waals surface area contributed by atoms with Crippen molar-refractivity contribution in [2.45, 2.75) is 51.4 Å². The molecule has 0 radical (unpaired) electrons. The van der Waals surface area contributed by atoms with Crippen molar-refractivity contribution in [2.24, 2.45) is 11.7 Å². The van der Waals surface area contributed by atoms with Crippen molar-refractivity contribution in [1.82, 2.24) is 15.2 Å². The molecule has 0 saturated heterocycles. The Balaban J connectivity index is 1.96. The molecule has 1 aliphatic carbocycles.